The molecule has 1 aromatic carbocycles. The molecule has 0 radical (unpaired) electrons. The Morgan fingerprint density at radius 2 is 1.96 bits per heavy atom. The summed E-state index contributed by atoms with van der Waals surface area (Å²) in [6.45, 7) is 1.95. The lowest BCUT2D eigenvalue weighted by molar-refractivity contribution is 0.0944. The number of aromatic nitrogens is 1. The highest BCUT2D eigenvalue weighted by Crippen LogP contribution is 2.29. The van der Waals surface area contributed by atoms with Crippen LogP contribution in [-0.4, -0.2) is 10.9 Å². The van der Waals surface area contributed by atoms with Crippen LogP contribution in [0.25, 0.3) is 10.4 Å². The van der Waals surface area contributed by atoms with Gasteiger partial charge in [-0.1, -0.05) is 29.8 Å². The SMILES string of the molecule is C[C@@H](NC(=O)c1ccc(-c2ccc(Cl)cc2)s1)c1cccnc1. The lowest BCUT2D eigenvalue weighted by Gasteiger charge is -2.12. The molecule has 0 bridgehead atoms. The predicted octanol–water partition coefficient (Wildman–Crippen LogP) is 4.95. The van der Waals surface area contributed by atoms with Gasteiger partial charge < -0.3 is 5.32 Å². The molecule has 3 nitrogen and oxygen atoms in total. The number of thiophene rings is 1. The summed E-state index contributed by atoms with van der Waals surface area (Å²) < 4.78 is 0. The summed E-state index contributed by atoms with van der Waals surface area (Å²) in [5, 5.41) is 3.70. The van der Waals surface area contributed by atoms with E-state index in [1.165, 1.54) is 11.3 Å². The lowest BCUT2D eigenvalue weighted by atomic mass is 10.1. The van der Waals surface area contributed by atoms with Crippen LogP contribution in [0.5, 0.6) is 0 Å². The normalized spacial score (nSPS) is 11.9. The smallest absolute Gasteiger partial charge is 0.261 e. The minimum atomic E-state index is -0.0859. The summed E-state index contributed by atoms with van der Waals surface area (Å²) in [6.07, 6.45) is 3.48. The third kappa shape index (κ3) is 3.78. The fourth-order valence-electron chi connectivity index (χ4n) is 2.21. The van der Waals surface area contributed by atoms with E-state index in [-0.39, 0.29) is 11.9 Å². The highest BCUT2D eigenvalue weighted by Gasteiger charge is 2.14. The summed E-state index contributed by atoms with van der Waals surface area (Å²) in [6, 6.07) is 15.1. The number of carbonyl (C=O) groups is 1. The number of rotatable bonds is 4. The van der Waals surface area contributed by atoms with Crippen molar-refractivity contribution in [2.24, 2.45) is 0 Å². The maximum Gasteiger partial charge on any atom is 0.261 e. The first kappa shape index (κ1) is 15.7. The quantitative estimate of drug-likeness (QED) is 0.728. The first-order valence-electron chi connectivity index (χ1n) is 7.20. The van der Waals surface area contributed by atoms with Gasteiger partial charge in [-0.15, -0.1) is 11.3 Å². The molecule has 116 valence electrons. The standard InChI is InChI=1S/C18H15ClN2OS/c1-12(14-3-2-10-20-11-14)21-18(22)17-9-8-16(23-17)13-4-6-15(19)7-5-13/h2-12H,1H3,(H,21,22)/t12-/m1/s1. The van der Waals surface area contributed by atoms with E-state index < -0.39 is 0 Å². The fourth-order valence-corrected chi connectivity index (χ4v) is 3.25. The van der Waals surface area contributed by atoms with Gasteiger partial charge in [-0.25, -0.2) is 0 Å². The van der Waals surface area contributed by atoms with E-state index in [1.807, 2.05) is 55.5 Å². The molecule has 0 unspecified atom stereocenters. The fraction of sp³-hybridized carbons (Fsp3) is 0.111. The van der Waals surface area contributed by atoms with Crippen molar-refractivity contribution in [3.05, 3.63) is 76.4 Å². The summed E-state index contributed by atoms with van der Waals surface area (Å²) >= 11 is 7.37. The predicted molar refractivity (Wildman–Crippen MR) is 94.9 cm³/mol. The third-order valence-corrected chi connectivity index (χ3v) is 4.88. The molecular weight excluding hydrogens is 328 g/mol. The number of hydrogen-bond acceptors (Lipinski definition) is 3. The highest BCUT2D eigenvalue weighted by molar-refractivity contribution is 7.17. The van der Waals surface area contributed by atoms with E-state index in [2.05, 4.69) is 10.3 Å². The van der Waals surface area contributed by atoms with Crippen molar-refractivity contribution in [3.63, 3.8) is 0 Å². The zero-order chi connectivity index (χ0) is 16.2. The van der Waals surface area contributed by atoms with Gasteiger partial charge in [-0.2, -0.15) is 0 Å². The van der Waals surface area contributed by atoms with Crippen LogP contribution in [0.3, 0.4) is 0 Å². The number of pyridine rings is 1. The maximum absolute atomic E-state index is 12.4. The number of benzene rings is 1. The number of amides is 1. The van der Waals surface area contributed by atoms with Gasteiger partial charge in [-0.3, -0.25) is 9.78 Å². The molecule has 0 fully saturated rings. The zero-order valence-electron chi connectivity index (χ0n) is 12.5. The number of halogens is 1. The average molecular weight is 343 g/mol. The minimum Gasteiger partial charge on any atom is -0.345 e. The Morgan fingerprint density at radius 3 is 2.65 bits per heavy atom. The van der Waals surface area contributed by atoms with Crippen molar-refractivity contribution >= 4 is 28.8 Å². The first-order chi connectivity index (χ1) is 11.1. The average Bonchev–Trinajstić information content (AvgIpc) is 3.06. The van der Waals surface area contributed by atoms with E-state index in [0.717, 1.165) is 16.0 Å². The van der Waals surface area contributed by atoms with Gasteiger partial charge in [-0.05, 0) is 48.4 Å². The Hall–Kier alpha value is -2.17. The van der Waals surface area contributed by atoms with Crippen LogP contribution in [0.4, 0.5) is 0 Å². The number of nitrogens with one attached hydrogen (secondary N) is 1. The number of hydrogen-bond donors (Lipinski definition) is 1. The summed E-state index contributed by atoms with van der Waals surface area (Å²) in [4.78, 5) is 18.2. The molecule has 1 atom stereocenters. The first-order valence-corrected chi connectivity index (χ1v) is 8.39. The molecule has 0 aliphatic carbocycles. The van der Waals surface area contributed by atoms with E-state index >= 15 is 0 Å². The van der Waals surface area contributed by atoms with Crippen LogP contribution in [0.1, 0.15) is 28.2 Å². The highest BCUT2D eigenvalue weighted by atomic mass is 35.5. The molecular formula is C18H15ClN2OS. The molecule has 1 amide bonds. The molecule has 1 N–H and O–H groups in total. The molecule has 23 heavy (non-hydrogen) atoms. The maximum atomic E-state index is 12.4. The van der Waals surface area contributed by atoms with Gasteiger partial charge in [0.15, 0.2) is 0 Å². The summed E-state index contributed by atoms with van der Waals surface area (Å²) in [7, 11) is 0. The van der Waals surface area contributed by atoms with Crippen molar-refractivity contribution in [1.82, 2.24) is 10.3 Å². The summed E-state index contributed by atoms with van der Waals surface area (Å²) in [5.41, 5.74) is 2.04. The van der Waals surface area contributed by atoms with E-state index in [4.69, 9.17) is 11.6 Å². The minimum absolute atomic E-state index is 0.0773. The molecule has 0 aliphatic heterocycles. The van der Waals surface area contributed by atoms with Crippen molar-refractivity contribution in [2.45, 2.75) is 13.0 Å². The van der Waals surface area contributed by atoms with Crippen molar-refractivity contribution < 1.29 is 4.79 Å². The second kappa shape index (κ2) is 6.94. The molecule has 3 rings (SSSR count). The van der Waals surface area contributed by atoms with Crippen LogP contribution in [0.15, 0.2) is 60.9 Å². The van der Waals surface area contributed by atoms with Gasteiger partial charge in [0.25, 0.3) is 5.91 Å². The molecule has 0 spiro atoms. The Labute approximate surface area is 144 Å². The van der Waals surface area contributed by atoms with Gasteiger partial charge in [0.05, 0.1) is 10.9 Å². The number of carbonyl (C=O) groups excluding carboxylic acids is 1. The van der Waals surface area contributed by atoms with Crippen LogP contribution >= 0.6 is 22.9 Å². The van der Waals surface area contributed by atoms with E-state index in [1.54, 1.807) is 12.4 Å². The summed E-state index contributed by atoms with van der Waals surface area (Å²) in [5.74, 6) is -0.0773. The lowest BCUT2D eigenvalue weighted by Crippen LogP contribution is -2.25. The van der Waals surface area contributed by atoms with Crippen LogP contribution in [-0.2, 0) is 0 Å². The van der Waals surface area contributed by atoms with Crippen LogP contribution in [0, 0.1) is 0 Å². The van der Waals surface area contributed by atoms with Gasteiger partial charge in [0.2, 0.25) is 0 Å². The molecule has 0 aliphatic rings. The third-order valence-electron chi connectivity index (χ3n) is 3.49. The Kier molecular flexibility index (Phi) is 4.74. The van der Waals surface area contributed by atoms with Crippen molar-refractivity contribution in [2.75, 3.05) is 0 Å². The molecule has 0 saturated heterocycles. The monoisotopic (exact) mass is 342 g/mol. The molecule has 2 aromatic heterocycles. The Morgan fingerprint density at radius 1 is 1.17 bits per heavy atom. The van der Waals surface area contributed by atoms with Crippen molar-refractivity contribution in [1.29, 1.82) is 0 Å². The Balaban J connectivity index is 1.72. The second-order valence-corrected chi connectivity index (χ2v) is 6.67. The largest absolute Gasteiger partial charge is 0.345 e. The number of nitrogens with zero attached hydrogens (tertiary/aromatic N) is 1. The van der Waals surface area contributed by atoms with E-state index in [0.29, 0.717) is 9.90 Å². The van der Waals surface area contributed by atoms with Crippen LogP contribution < -0.4 is 5.32 Å². The molecule has 0 saturated carbocycles. The Bertz CT molecular complexity index is 799. The zero-order valence-corrected chi connectivity index (χ0v) is 14.1. The van der Waals surface area contributed by atoms with Gasteiger partial charge in [0.1, 0.15) is 0 Å². The van der Waals surface area contributed by atoms with Gasteiger partial charge in [0, 0.05) is 22.3 Å². The molecule has 3 aromatic rings. The second-order valence-electron chi connectivity index (χ2n) is 5.15. The van der Waals surface area contributed by atoms with Crippen molar-refractivity contribution in [3.8, 4) is 10.4 Å². The molecule has 5 heteroatoms. The van der Waals surface area contributed by atoms with Gasteiger partial charge >= 0.3 is 0 Å². The topological polar surface area (TPSA) is 42.0 Å². The van der Waals surface area contributed by atoms with Crippen LogP contribution in [0.2, 0.25) is 5.02 Å². The van der Waals surface area contributed by atoms with E-state index in [9.17, 15) is 4.79 Å². The molecule has 2 heterocycles.